The third-order valence-electron chi connectivity index (χ3n) is 3.33. The molecule has 138 valence electrons. The second-order valence-electron chi connectivity index (χ2n) is 5.45. The second-order valence-corrected chi connectivity index (χ2v) is 8.04. The van der Waals surface area contributed by atoms with Gasteiger partial charge in [0.15, 0.2) is 0 Å². The van der Waals surface area contributed by atoms with Crippen LogP contribution in [0.2, 0.25) is 0 Å². The van der Waals surface area contributed by atoms with Crippen LogP contribution in [-0.2, 0) is 21.2 Å². The van der Waals surface area contributed by atoms with Gasteiger partial charge in [-0.3, -0.25) is 4.79 Å². The van der Waals surface area contributed by atoms with Crippen molar-refractivity contribution in [3.05, 3.63) is 58.6 Å². The fourth-order valence-corrected chi connectivity index (χ4v) is 3.43. The smallest absolute Gasteiger partial charge is 0.333 e. The minimum absolute atomic E-state index is 0.0230. The maximum atomic E-state index is 12.3. The topological polar surface area (TPSA) is 104 Å². The Bertz CT molecular complexity index is 898. The zero-order valence-electron chi connectivity index (χ0n) is 14.0. The van der Waals surface area contributed by atoms with Crippen molar-refractivity contribution < 1.29 is 18.0 Å². The van der Waals surface area contributed by atoms with Crippen molar-refractivity contribution in [1.82, 2.24) is 10.0 Å². The summed E-state index contributed by atoms with van der Waals surface area (Å²) in [6, 6.07) is 12.1. The minimum Gasteiger partial charge on any atom is -0.356 e. The van der Waals surface area contributed by atoms with Gasteiger partial charge in [0.25, 0.3) is 10.0 Å². The normalized spacial score (nSPS) is 10.8. The van der Waals surface area contributed by atoms with Gasteiger partial charge in [-0.25, -0.2) is 17.9 Å². The van der Waals surface area contributed by atoms with Crippen LogP contribution in [0.25, 0.3) is 0 Å². The molecule has 7 nitrogen and oxygen atoms in total. The summed E-state index contributed by atoms with van der Waals surface area (Å²) >= 11 is 3.27. The van der Waals surface area contributed by atoms with Crippen molar-refractivity contribution in [3.8, 4) is 0 Å². The lowest BCUT2D eigenvalue weighted by molar-refractivity contribution is -0.118. The minimum atomic E-state index is -3.98. The van der Waals surface area contributed by atoms with Gasteiger partial charge in [-0.1, -0.05) is 34.1 Å². The Morgan fingerprint density at radius 3 is 2.38 bits per heavy atom. The van der Waals surface area contributed by atoms with Crippen molar-refractivity contribution >= 4 is 43.6 Å². The maximum absolute atomic E-state index is 12.3. The van der Waals surface area contributed by atoms with E-state index in [-0.39, 0.29) is 10.8 Å². The first-order valence-corrected chi connectivity index (χ1v) is 9.96. The number of amides is 3. The monoisotopic (exact) mass is 439 g/mol. The average molecular weight is 440 g/mol. The highest BCUT2D eigenvalue weighted by Crippen LogP contribution is 2.16. The Kier molecular flexibility index (Phi) is 6.76. The fourth-order valence-electron chi connectivity index (χ4n) is 2.12. The summed E-state index contributed by atoms with van der Waals surface area (Å²) in [5.74, 6) is -0.121. The van der Waals surface area contributed by atoms with Crippen molar-refractivity contribution in [1.29, 1.82) is 0 Å². The highest BCUT2D eigenvalue weighted by atomic mass is 79.9. The first kappa shape index (κ1) is 19.9. The predicted octanol–water partition coefficient (Wildman–Crippen LogP) is 2.64. The summed E-state index contributed by atoms with van der Waals surface area (Å²) in [6.45, 7) is 1.90. The van der Waals surface area contributed by atoms with Gasteiger partial charge in [-0.2, -0.15) is 0 Å². The van der Waals surface area contributed by atoms with Crippen LogP contribution in [0.4, 0.5) is 10.5 Å². The molecule has 0 unspecified atom stereocenters. The molecule has 0 fully saturated rings. The summed E-state index contributed by atoms with van der Waals surface area (Å²) < 4.78 is 27.3. The zero-order chi connectivity index (χ0) is 19.2. The Hall–Kier alpha value is -2.39. The molecule has 26 heavy (non-hydrogen) atoms. The Morgan fingerprint density at radius 2 is 1.77 bits per heavy atom. The van der Waals surface area contributed by atoms with E-state index in [1.807, 2.05) is 4.72 Å². The average Bonchev–Trinajstić information content (AvgIpc) is 2.54. The van der Waals surface area contributed by atoms with Crippen molar-refractivity contribution in [3.63, 3.8) is 0 Å². The molecule has 0 bridgehead atoms. The molecule has 0 saturated heterocycles. The molecule has 0 aromatic heterocycles. The molecule has 3 N–H and O–H groups in total. The molecule has 2 aromatic carbocycles. The van der Waals surface area contributed by atoms with E-state index in [0.717, 1.165) is 10.0 Å². The first-order chi connectivity index (χ1) is 12.3. The van der Waals surface area contributed by atoms with Gasteiger partial charge in [-0.05, 0) is 42.3 Å². The zero-order valence-corrected chi connectivity index (χ0v) is 16.4. The molecular weight excluding hydrogens is 422 g/mol. The van der Waals surface area contributed by atoms with Crippen LogP contribution in [0.3, 0.4) is 0 Å². The Labute approximate surface area is 160 Å². The summed E-state index contributed by atoms with van der Waals surface area (Å²) in [4.78, 5) is 22.7. The molecule has 3 amide bonds. The number of sulfonamides is 1. The molecule has 0 saturated carbocycles. The highest BCUT2D eigenvalue weighted by molar-refractivity contribution is 9.10. The number of nitrogens with one attached hydrogen (secondary N) is 3. The molecule has 0 atom stereocenters. The molecule has 0 heterocycles. The largest absolute Gasteiger partial charge is 0.356 e. The maximum Gasteiger partial charge on any atom is 0.333 e. The summed E-state index contributed by atoms with van der Waals surface area (Å²) in [5, 5.41) is 5.13. The van der Waals surface area contributed by atoms with Gasteiger partial charge in [0.05, 0.1) is 4.90 Å². The number of rotatable bonds is 6. The third kappa shape index (κ3) is 6.16. The standard InChI is InChI=1S/C17H18BrN3O4S/c1-12(22)19-10-9-13-5-7-16(8-6-13)26(24,25)21-17(23)20-15-4-2-3-14(18)11-15/h2-8,11H,9-10H2,1H3,(H,19,22)(H2,20,21,23). The number of urea groups is 1. The molecular formula is C17H18BrN3O4S. The van der Waals surface area contributed by atoms with Crippen LogP contribution >= 0.6 is 15.9 Å². The van der Waals surface area contributed by atoms with Gasteiger partial charge in [0.1, 0.15) is 0 Å². The van der Waals surface area contributed by atoms with Crippen molar-refractivity contribution in [2.45, 2.75) is 18.2 Å². The van der Waals surface area contributed by atoms with Gasteiger partial charge >= 0.3 is 6.03 Å². The number of carbonyl (C=O) groups is 2. The van der Waals surface area contributed by atoms with E-state index >= 15 is 0 Å². The van der Waals surface area contributed by atoms with Crippen LogP contribution in [0.5, 0.6) is 0 Å². The Balaban J connectivity index is 1.98. The Morgan fingerprint density at radius 1 is 1.08 bits per heavy atom. The molecule has 2 aromatic rings. The van der Waals surface area contributed by atoms with Gasteiger partial charge < -0.3 is 10.6 Å². The molecule has 0 aliphatic carbocycles. The van der Waals surface area contributed by atoms with Crippen LogP contribution in [0.1, 0.15) is 12.5 Å². The number of benzene rings is 2. The summed E-state index contributed by atoms with van der Waals surface area (Å²) in [7, 11) is -3.98. The van der Waals surface area contributed by atoms with E-state index in [1.54, 1.807) is 36.4 Å². The van der Waals surface area contributed by atoms with Crippen LogP contribution < -0.4 is 15.4 Å². The van der Waals surface area contributed by atoms with E-state index in [2.05, 4.69) is 26.6 Å². The SMILES string of the molecule is CC(=O)NCCc1ccc(S(=O)(=O)NC(=O)Nc2cccc(Br)c2)cc1. The lowest BCUT2D eigenvalue weighted by Crippen LogP contribution is -2.34. The number of hydrogen-bond acceptors (Lipinski definition) is 4. The number of anilines is 1. The molecule has 0 radical (unpaired) electrons. The quantitative estimate of drug-likeness (QED) is 0.643. The van der Waals surface area contributed by atoms with Gasteiger partial charge in [0.2, 0.25) is 5.91 Å². The van der Waals surface area contributed by atoms with E-state index in [0.29, 0.717) is 18.7 Å². The van der Waals surface area contributed by atoms with E-state index in [4.69, 9.17) is 0 Å². The van der Waals surface area contributed by atoms with Crippen LogP contribution in [-0.4, -0.2) is 26.9 Å². The number of hydrogen-bond donors (Lipinski definition) is 3. The van der Waals surface area contributed by atoms with Gasteiger partial charge in [0, 0.05) is 23.6 Å². The van der Waals surface area contributed by atoms with Crippen molar-refractivity contribution in [2.24, 2.45) is 0 Å². The lowest BCUT2D eigenvalue weighted by atomic mass is 10.1. The predicted molar refractivity (Wildman–Crippen MR) is 102 cm³/mol. The second kappa shape index (κ2) is 8.81. The molecule has 9 heteroatoms. The van der Waals surface area contributed by atoms with Crippen LogP contribution in [0, 0.1) is 0 Å². The molecule has 2 rings (SSSR count). The molecule has 0 aliphatic rings. The lowest BCUT2D eigenvalue weighted by Gasteiger charge is -2.09. The summed E-state index contributed by atoms with van der Waals surface area (Å²) in [5.41, 5.74) is 1.33. The first-order valence-electron chi connectivity index (χ1n) is 7.69. The number of carbonyl (C=O) groups excluding carboxylic acids is 2. The molecule has 0 aliphatic heterocycles. The highest BCUT2D eigenvalue weighted by Gasteiger charge is 2.17. The van der Waals surface area contributed by atoms with E-state index < -0.39 is 16.1 Å². The fraction of sp³-hybridized carbons (Fsp3) is 0.176. The summed E-state index contributed by atoms with van der Waals surface area (Å²) in [6.07, 6.45) is 0.580. The van der Waals surface area contributed by atoms with Crippen molar-refractivity contribution in [2.75, 3.05) is 11.9 Å². The van der Waals surface area contributed by atoms with Crippen LogP contribution in [0.15, 0.2) is 57.9 Å². The third-order valence-corrected chi connectivity index (χ3v) is 5.17. The number of halogens is 1. The molecule has 0 spiro atoms. The van der Waals surface area contributed by atoms with E-state index in [9.17, 15) is 18.0 Å². The van der Waals surface area contributed by atoms with Gasteiger partial charge in [-0.15, -0.1) is 0 Å². The van der Waals surface area contributed by atoms with E-state index in [1.165, 1.54) is 19.1 Å².